The lowest BCUT2D eigenvalue weighted by Gasteiger charge is -2.34. The molecule has 0 radical (unpaired) electrons. The van der Waals surface area contributed by atoms with Crippen LogP contribution in [0, 0.1) is 0 Å². The standard InChI is InChI=1S/C23H26N4O/c28-23(22(20-10-3-1-4-11-20)26-14-5-2-6-15-26)25-21-12-7-9-19(17-21)18-27-16-8-13-24-27/h1,3-4,7-13,16-17,22H,2,5-6,14-15,18H2,(H,25,28)/t22-/m0/s1. The summed E-state index contributed by atoms with van der Waals surface area (Å²) in [6.45, 7) is 2.61. The second-order valence-electron chi connectivity index (χ2n) is 7.30. The number of amides is 1. The molecule has 5 nitrogen and oxygen atoms in total. The second kappa shape index (κ2) is 8.85. The van der Waals surface area contributed by atoms with Crippen LogP contribution in [0.3, 0.4) is 0 Å². The number of anilines is 1. The Balaban J connectivity index is 1.52. The van der Waals surface area contributed by atoms with Crippen LogP contribution in [-0.2, 0) is 11.3 Å². The molecule has 1 aliphatic rings. The molecule has 2 heterocycles. The maximum atomic E-state index is 13.3. The van der Waals surface area contributed by atoms with Gasteiger partial charge in [-0.05, 0) is 55.3 Å². The monoisotopic (exact) mass is 374 g/mol. The molecule has 28 heavy (non-hydrogen) atoms. The smallest absolute Gasteiger partial charge is 0.246 e. The molecule has 0 unspecified atom stereocenters. The molecule has 1 aliphatic heterocycles. The first kappa shape index (κ1) is 18.4. The van der Waals surface area contributed by atoms with E-state index in [1.54, 1.807) is 6.20 Å². The van der Waals surface area contributed by atoms with Gasteiger partial charge in [0.1, 0.15) is 6.04 Å². The molecule has 1 atom stereocenters. The third kappa shape index (κ3) is 4.49. The molecule has 0 saturated carbocycles. The fraction of sp³-hybridized carbons (Fsp3) is 0.304. The molecule has 1 amide bonds. The van der Waals surface area contributed by atoms with Crippen LogP contribution in [0.15, 0.2) is 73.1 Å². The summed E-state index contributed by atoms with van der Waals surface area (Å²) in [5.41, 5.74) is 2.98. The lowest BCUT2D eigenvalue weighted by Crippen LogP contribution is -2.40. The summed E-state index contributed by atoms with van der Waals surface area (Å²) in [5.74, 6) is 0.0318. The SMILES string of the molecule is O=C(Nc1cccc(Cn2cccn2)c1)[C@H](c1ccccc1)N1CCCCC1. The van der Waals surface area contributed by atoms with Crippen LogP contribution in [-0.4, -0.2) is 33.7 Å². The van der Waals surface area contributed by atoms with Crippen molar-refractivity contribution >= 4 is 11.6 Å². The Kier molecular flexibility index (Phi) is 5.83. The number of hydrogen-bond acceptors (Lipinski definition) is 3. The largest absolute Gasteiger partial charge is 0.324 e. The van der Waals surface area contributed by atoms with Gasteiger partial charge in [0, 0.05) is 18.1 Å². The molecule has 2 aromatic carbocycles. The van der Waals surface area contributed by atoms with E-state index in [2.05, 4.69) is 21.4 Å². The number of benzene rings is 2. The molecule has 3 aromatic rings. The Morgan fingerprint density at radius 3 is 2.57 bits per heavy atom. The van der Waals surface area contributed by atoms with Crippen LogP contribution in [0.25, 0.3) is 0 Å². The minimum absolute atomic E-state index is 0.0318. The molecule has 1 fully saturated rings. The summed E-state index contributed by atoms with van der Waals surface area (Å²) in [7, 11) is 0. The van der Waals surface area contributed by atoms with Crippen LogP contribution < -0.4 is 5.32 Å². The predicted molar refractivity (Wildman–Crippen MR) is 111 cm³/mol. The average molecular weight is 374 g/mol. The summed E-state index contributed by atoms with van der Waals surface area (Å²) < 4.78 is 1.88. The first-order valence-corrected chi connectivity index (χ1v) is 9.96. The van der Waals surface area contributed by atoms with Crippen molar-refractivity contribution in [3.8, 4) is 0 Å². The number of rotatable bonds is 6. The van der Waals surface area contributed by atoms with Gasteiger partial charge >= 0.3 is 0 Å². The quantitative estimate of drug-likeness (QED) is 0.707. The van der Waals surface area contributed by atoms with E-state index < -0.39 is 0 Å². The van der Waals surface area contributed by atoms with Gasteiger partial charge in [0.2, 0.25) is 5.91 Å². The van der Waals surface area contributed by atoms with Crippen LogP contribution in [0.1, 0.15) is 36.4 Å². The summed E-state index contributed by atoms with van der Waals surface area (Å²) >= 11 is 0. The molecule has 1 N–H and O–H groups in total. The van der Waals surface area contributed by atoms with Crippen molar-refractivity contribution in [3.05, 3.63) is 84.2 Å². The zero-order valence-corrected chi connectivity index (χ0v) is 16.0. The number of piperidine rings is 1. The number of carbonyl (C=O) groups excluding carboxylic acids is 1. The Labute approximate surface area is 166 Å². The highest BCUT2D eigenvalue weighted by Crippen LogP contribution is 2.26. The summed E-state index contributed by atoms with van der Waals surface area (Å²) in [6.07, 6.45) is 7.25. The van der Waals surface area contributed by atoms with Gasteiger partial charge in [-0.15, -0.1) is 0 Å². The lowest BCUT2D eigenvalue weighted by molar-refractivity contribution is -0.122. The molecule has 1 aromatic heterocycles. The molecule has 4 rings (SSSR count). The van der Waals surface area contributed by atoms with Gasteiger partial charge in [-0.1, -0.05) is 48.9 Å². The van der Waals surface area contributed by atoms with Gasteiger partial charge in [0.25, 0.3) is 0 Å². The first-order valence-electron chi connectivity index (χ1n) is 9.96. The Bertz CT molecular complexity index is 886. The summed E-state index contributed by atoms with van der Waals surface area (Å²) in [4.78, 5) is 15.6. The maximum absolute atomic E-state index is 13.3. The van der Waals surface area contributed by atoms with E-state index in [1.165, 1.54) is 6.42 Å². The number of carbonyl (C=O) groups is 1. The number of nitrogens with zero attached hydrogens (tertiary/aromatic N) is 3. The molecule has 0 bridgehead atoms. The highest BCUT2D eigenvalue weighted by molar-refractivity contribution is 5.95. The Hall–Kier alpha value is -2.92. The van der Waals surface area contributed by atoms with E-state index in [1.807, 2.05) is 65.5 Å². The third-order valence-corrected chi connectivity index (χ3v) is 5.22. The van der Waals surface area contributed by atoms with Crippen molar-refractivity contribution in [1.29, 1.82) is 0 Å². The van der Waals surface area contributed by atoms with E-state index in [0.717, 1.165) is 42.7 Å². The fourth-order valence-corrected chi connectivity index (χ4v) is 3.88. The molecule has 5 heteroatoms. The molecule has 0 spiro atoms. The predicted octanol–water partition coefficient (Wildman–Crippen LogP) is 4.10. The van der Waals surface area contributed by atoms with Crippen molar-refractivity contribution in [2.24, 2.45) is 0 Å². The van der Waals surface area contributed by atoms with Crippen LogP contribution in [0.2, 0.25) is 0 Å². The number of likely N-dealkylation sites (tertiary alicyclic amines) is 1. The highest BCUT2D eigenvalue weighted by Gasteiger charge is 2.28. The van der Waals surface area contributed by atoms with Crippen LogP contribution in [0.5, 0.6) is 0 Å². The van der Waals surface area contributed by atoms with Gasteiger partial charge in [0.05, 0.1) is 6.54 Å². The van der Waals surface area contributed by atoms with Gasteiger partial charge in [-0.3, -0.25) is 14.4 Å². The summed E-state index contributed by atoms with van der Waals surface area (Å²) in [6, 6.07) is 19.8. The minimum atomic E-state index is -0.253. The van der Waals surface area contributed by atoms with Crippen molar-refractivity contribution in [2.45, 2.75) is 31.8 Å². The molecule has 0 aliphatic carbocycles. The number of aromatic nitrogens is 2. The van der Waals surface area contributed by atoms with E-state index in [0.29, 0.717) is 6.54 Å². The second-order valence-corrected chi connectivity index (χ2v) is 7.30. The molecule has 144 valence electrons. The van der Waals surface area contributed by atoms with E-state index in [4.69, 9.17) is 0 Å². The fourth-order valence-electron chi connectivity index (χ4n) is 3.88. The maximum Gasteiger partial charge on any atom is 0.246 e. The van der Waals surface area contributed by atoms with Gasteiger partial charge in [-0.2, -0.15) is 5.10 Å². The van der Waals surface area contributed by atoms with Crippen LogP contribution >= 0.6 is 0 Å². The Morgan fingerprint density at radius 1 is 1.00 bits per heavy atom. The molecular formula is C23H26N4O. The van der Waals surface area contributed by atoms with E-state index in [-0.39, 0.29) is 11.9 Å². The minimum Gasteiger partial charge on any atom is -0.324 e. The normalized spacial score (nSPS) is 15.9. The van der Waals surface area contributed by atoms with Gasteiger partial charge in [0.15, 0.2) is 0 Å². The van der Waals surface area contributed by atoms with Gasteiger partial charge < -0.3 is 5.32 Å². The number of nitrogens with one attached hydrogen (secondary N) is 1. The summed E-state index contributed by atoms with van der Waals surface area (Å²) in [5, 5.41) is 7.40. The van der Waals surface area contributed by atoms with Crippen molar-refractivity contribution < 1.29 is 4.79 Å². The van der Waals surface area contributed by atoms with Crippen molar-refractivity contribution in [1.82, 2.24) is 14.7 Å². The zero-order chi connectivity index (χ0) is 19.2. The van der Waals surface area contributed by atoms with E-state index >= 15 is 0 Å². The first-order chi connectivity index (χ1) is 13.8. The molecule has 1 saturated heterocycles. The average Bonchev–Trinajstić information content (AvgIpc) is 3.23. The van der Waals surface area contributed by atoms with Gasteiger partial charge in [-0.25, -0.2) is 0 Å². The van der Waals surface area contributed by atoms with Crippen molar-refractivity contribution in [3.63, 3.8) is 0 Å². The van der Waals surface area contributed by atoms with Crippen LogP contribution in [0.4, 0.5) is 5.69 Å². The zero-order valence-electron chi connectivity index (χ0n) is 16.0. The third-order valence-electron chi connectivity index (χ3n) is 5.22. The molecular weight excluding hydrogens is 348 g/mol. The number of hydrogen-bond donors (Lipinski definition) is 1. The van der Waals surface area contributed by atoms with Crippen molar-refractivity contribution in [2.75, 3.05) is 18.4 Å². The lowest BCUT2D eigenvalue weighted by atomic mass is 10.0. The van der Waals surface area contributed by atoms with E-state index in [9.17, 15) is 4.79 Å². The Morgan fingerprint density at radius 2 is 1.82 bits per heavy atom. The highest BCUT2D eigenvalue weighted by atomic mass is 16.2. The topological polar surface area (TPSA) is 50.2 Å².